The lowest BCUT2D eigenvalue weighted by Gasteiger charge is -2.24. The third kappa shape index (κ3) is 4.01. The van der Waals surface area contributed by atoms with Crippen molar-refractivity contribution in [3.8, 4) is 0 Å². The highest BCUT2D eigenvalue weighted by molar-refractivity contribution is 6.60. The maximum Gasteiger partial charge on any atom is 0.500 e. The van der Waals surface area contributed by atoms with Crippen molar-refractivity contribution in [1.29, 1.82) is 0 Å². The van der Waals surface area contributed by atoms with E-state index in [-0.39, 0.29) is 0 Å². The first kappa shape index (κ1) is 15.0. The number of unbranched alkanes of at least 4 members (excludes halogenated alkanes) is 2. The molecule has 0 bridgehead atoms. The molecule has 0 aliphatic heterocycles. The molecule has 104 valence electrons. The molecule has 18 heavy (non-hydrogen) atoms. The van der Waals surface area contributed by atoms with Crippen molar-refractivity contribution in [3.63, 3.8) is 0 Å². The first-order valence-electron chi connectivity index (χ1n) is 5.84. The van der Waals surface area contributed by atoms with E-state index in [9.17, 15) is 0 Å². The van der Waals surface area contributed by atoms with Crippen LogP contribution in [0.25, 0.3) is 0 Å². The Bertz CT molecular complexity index is 336. The predicted octanol–water partition coefficient (Wildman–Crippen LogP) is 0.304. The number of nitrogen functional groups attached to an aromatic ring is 1. The topological polar surface area (TPSA) is 97.3 Å². The Labute approximate surface area is 108 Å². The first-order valence-corrected chi connectivity index (χ1v) is 7.77. The van der Waals surface area contributed by atoms with Crippen molar-refractivity contribution >= 4 is 14.8 Å². The standard InChI is InChI=1S/C9H21N5O3Si/c1-15-18(16-2,17-3)8-6-4-5-7-14-9(10)11-12-13-14/h4-8H2,1-3H3,(H2,10,11,13). The van der Waals surface area contributed by atoms with Gasteiger partial charge in [0.25, 0.3) is 0 Å². The second-order valence-electron chi connectivity index (χ2n) is 3.87. The summed E-state index contributed by atoms with van der Waals surface area (Å²) in [5.41, 5.74) is 5.56. The molecule has 0 aliphatic rings. The van der Waals surface area contributed by atoms with Crippen molar-refractivity contribution in [2.24, 2.45) is 0 Å². The van der Waals surface area contributed by atoms with Gasteiger partial charge in [-0.2, -0.15) is 0 Å². The summed E-state index contributed by atoms with van der Waals surface area (Å²) in [4.78, 5) is 0. The van der Waals surface area contributed by atoms with Crippen LogP contribution in [0.1, 0.15) is 19.3 Å². The average molecular weight is 275 g/mol. The summed E-state index contributed by atoms with van der Waals surface area (Å²) in [7, 11) is 2.46. The van der Waals surface area contributed by atoms with Gasteiger partial charge >= 0.3 is 8.80 Å². The van der Waals surface area contributed by atoms with Crippen LogP contribution >= 0.6 is 0 Å². The molecule has 0 aromatic carbocycles. The van der Waals surface area contributed by atoms with Crippen molar-refractivity contribution in [1.82, 2.24) is 20.2 Å². The van der Waals surface area contributed by atoms with Crippen LogP contribution in [0.4, 0.5) is 5.95 Å². The molecule has 2 N–H and O–H groups in total. The molecule has 0 radical (unpaired) electrons. The van der Waals surface area contributed by atoms with Gasteiger partial charge in [-0.25, -0.2) is 4.68 Å². The molecule has 0 unspecified atom stereocenters. The van der Waals surface area contributed by atoms with Gasteiger partial charge in [-0.1, -0.05) is 11.5 Å². The second-order valence-corrected chi connectivity index (χ2v) is 6.96. The van der Waals surface area contributed by atoms with Crippen molar-refractivity contribution < 1.29 is 13.3 Å². The lowest BCUT2D eigenvalue weighted by atomic mass is 10.2. The number of aromatic nitrogens is 4. The minimum Gasteiger partial charge on any atom is -0.377 e. The maximum atomic E-state index is 5.56. The number of hydrogen-bond donors (Lipinski definition) is 1. The van der Waals surface area contributed by atoms with E-state index in [0.717, 1.165) is 31.9 Å². The van der Waals surface area contributed by atoms with Gasteiger partial charge in [-0.05, 0) is 23.3 Å². The average Bonchev–Trinajstić information content (AvgIpc) is 2.80. The molecular weight excluding hydrogens is 254 g/mol. The Balaban J connectivity index is 2.20. The molecule has 1 heterocycles. The molecule has 9 heteroatoms. The normalized spacial score (nSPS) is 11.9. The highest BCUT2D eigenvalue weighted by atomic mass is 28.4. The van der Waals surface area contributed by atoms with Gasteiger partial charge in [0, 0.05) is 33.9 Å². The van der Waals surface area contributed by atoms with Crippen LogP contribution in [0.5, 0.6) is 0 Å². The zero-order valence-electron chi connectivity index (χ0n) is 11.1. The van der Waals surface area contributed by atoms with E-state index < -0.39 is 8.80 Å². The van der Waals surface area contributed by atoms with Gasteiger partial charge in [0.2, 0.25) is 5.95 Å². The summed E-state index contributed by atoms with van der Waals surface area (Å²) >= 11 is 0. The fraction of sp³-hybridized carbons (Fsp3) is 0.889. The summed E-state index contributed by atoms with van der Waals surface area (Å²) in [5, 5.41) is 10.9. The van der Waals surface area contributed by atoms with Crippen LogP contribution in [0.3, 0.4) is 0 Å². The number of hydrogen-bond acceptors (Lipinski definition) is 7. The van der Waals surface area contributed by atoms with Crippen molar-refractivity contribution in [2.75, 3.05) is 27.1 Å². The van der Waals surface area contributed by atoms with Crippen LogP contribution in [-0.4, -0.2) is 50.3 Å². The van der Waals surface area contributed by atoms with Gasteiger partial charge < -0.3 is 19.0 Å². The van der Waals surface area contributed by atoms with Gasteiger partial charge in [-0.3, -0.25) is 0 Å². The second kappa shape index (κ2) is 7.41. The van der Waals surface area contributed by atoms with Crippen LogP contribution in [0, 0.1) is 0 Å². The highest BCUT2D eigenvalue weighted by Crippen LogP contribution is 2.17. The third-order valence-corrected chi connectivity index (χ3v) is 5.68. The molecule has 0 atom stereocenters. The molecule has 1 aromatic rings. The molecule has 8 nitrogen and oxygen atoms in total. The Hall–Kier alpha value is -1.03. The molecule has 0 amide bonds. The molecule has 0 saturated heterocycles. The van der Waals surface area contributed by atoms with Crippen molar-refractivity contribution in [2.45, 2.75) is 31.9 Å². The van der Waals surface area contributed by atoms with Crippen LogP contribution < -0.4 is 5.73 Å². The van der Waals surface area contributed by atoms with E-state index in [4.69, 9.17) is 19.0 Å². The molecule has 0 fully saturated rings. The lowest BCUT2D eigenvalue weighted by Crippen LogP contribution is -2.42. The number of tetrazole rings is 1. The molecule has 0 saturated carbocycles. The fourth-order valence-corrected chi connectivity index (χ4v) is 3.50. The Kier molecular flexibility index (Phi) is 6.19. The van der Waals surface area contributed by atoms with Crippen LogP contribution in [0.15, 0.2) is 0 Å². The van der Waals surface area contributed by atoms with E-state index in [2.05, 4.69) is 15.5 Å². The number of nitrogens with two attached hydrogens (primary N) is 1. The monoisotopic (exact) mass is 275 g/mol. The Morgan fingerprint density at radius 3 is 2.28 bits per heavy atom. The number of rotatable bonds is 9. The summed E-state index contributed by atoms with van der Waals surface area (Å²) in [6, 6.07) is 0.807. The minimum absolute atomic E-state index is 0.351. The largest absolute Gasteiger partial charge is 0.500 e. The zero-order chi connectivity index (χ0) is 13.4. The van der Waals surface area contributed by atoms with Crippen LogP contribution in [0.2, 0.25) is 6.04 Å². The zero-order valence-corrected chi connectivity index (χ0v) is 12.1. The van der Waals surface area contributed by atoms with E-state index in [1.807, 2.05) is 0 Å². The SMILES string of the molecule is CO[Si](CCCCCn1nnnc1N)(OC)OC. The number of aryl methyl sites for hydroxylation is 1. The van der Waals surface area contributed by atoms with Gasteiger partial charge in [-0.15, -0.1) is 0 Å². The van der Waals surface area contributed by atoms with Gasteiger partial charge in [0.05, 0.1) is 0 Å². The number of nitrogens with zero attached hydrogens (tertiary/aromatic N) is 4. The van der Waals surface area contributed by atoms with E-state index >= 15 is 0 Å². The summed E-state index contributed by atoms with van der Waals surface area (Å²) in [5.74, 6) is 0.351. The van der Waals surface area contributed by atoms with E-state index in [0.29, 0.717) is 5.95 Å². The fourth-order valence-electron chi connectivity index (χ4n) is 1.71. The van der Waals surface area contributed by atoms with Gasteiger partial charge in [0.1, 0.15) is 0 Å². The molecular formula is C9H21N5O3Si. The van der Waals surface area contributed by atoms with Crippen molar-refractivity contribution in [3.05, 3.63) is 0 Å². The molecule has 1 rings (SSSR count). The quantitative estimate of drug-likeness (QED) is 0.511. The van der Waals surface area contributed by atoms with Gasteiger partial charge in [0.15, 0.2) is 0 Å². The molecule has 1 aromatic heterocycles. The minimum atomic E-state index is -2.42. The van der Waals surface area contributed by atoms with E-state index in [1.165, 1.54) is 0 Å². The van der Waals surface area contributed by atoms with E-state index in [1.54, 1.807) is 26.0 Å². The highest BCUT2D eigenvalue weighted by Gasteiger charge is 2.36. The van der Waals surface area contributed by atoms with Crippen LogP contribution in [-0.2, 0) is 19.8 Å². The third-order valence-electron chi connectivity index (χ3n) is 2.85. The summed E-state index contributed by atoms with van der Waals surface area (Å²) < 4.78 is 17.6. The Morgan fingerprint density at radius 1 is 1.11 bits per heavy atom. The lowest BCUT2D eigenvalue weighted by molar-refractivity contribution is 0.122. The molecule has 0 spiro atoms. The Morgan fingerprint density at radius 2 is 1.78 bits per heavy atom. The summed E-state index contributed by atoms with van der Waals surface area (Å²) in [6.07, 6.45) is 2.95. The summed E-state index contributed by atoms with van der Waals surface area (Å²) in [6.45, 7) is 0.723. The smallest absolute Gasteiger partial charge is 0.377 e. The first-order chi connectivity index (χ1) is 8.67. The number of anilines is 1. The maximum absolute atomic E-state index is 5.56. The molecule has 0 aliphatic carbocycles. The predicted molar refractivity (Wildman–Crippen MR) is 67.7 cm³/mol.